The highest BCUT2D eigenvalue weighted by atomic mass is 79.9. The summed E-state index contributed by atoms with van der Waals surface area (Å²) in [7, 11) is 1.81. The molecule has 4 rings (SSSR count). The van der Waals surface area contributed by atoms with Crippen molar-refractivity contribution in [3.63, 3.8) is 0 Å². The Kier molecular flexibility index (Phi) is 7.79. The molecule has 2 aliphatic carbocycles. The first-order valence-corrected chi connectivity index (χ1v) is 12.8. The Balaban J connectivity index is 1.29. The Hall–Kier alpha value is -1.78. The highest BCUT2D eigenvalue weighted by Crippen LogP contribution is 2.35. The summed E-state index contributed by atoms with van der Waals surface area (Å²) in [6.45, 7) is 0.582. The summed E-state index contributed by atoms with van der Waals surface area (Å²) in [5.41, 5.74) is 9.88. The molecule has 0 aromatic heterocycles. The van der Waals surface area contributed by atoms with Crippen LogP contribution >= 0.6 is 15.9 Å². The van der Waals surface area contributed by atoms with E-state index < -0.39 is 12.1 Å². The molecule has 34 heavy (non-hydrogen) atoms. The second kappa shape index (κ2) is 10.5. The van der Waals surface area contributed by atoms with Crippen LogP contribution in [0, 0.1) is 5.92 Å². The summed E-state index contributed by atoms with van der Waals surface area (Å²) in [5, 5.41) is 10.6. The van der Waals surface area contributed by atoms with Crippen LogP contribution in [0.25, 0.3) is 0 Å². The quantitative estimate of drug-likeness (QED) is 0.418. The third-order valence-electron chi connectivity index (χ3n) is 7.11. The first kappa shape index (κ1) is 25.3. The molecule has 0 radical (unpaired) electrons. The van der Waals surface area contributed by atoms with Crippen molar-refractivity contribution in [3.05, 3.63) is 39.5 Å². The largest absolute Gasteiger partial charge is 0.573 e. The summed E-state index contributed by atoms with van der Waals surface area (Å²) in [5.74, 6) is 0.327. The Morgan fingerprint density at radius 1 is 1.18 bits per heavy atom. The van der Waals surface area contributed by atoms with Crippen molar-refractivity contribution in [3.8, 4) is 5.75 Å². The van der Waals surface area contributed by atoms with Crippen LogP contribution in [-0.2, 0) is 6.42 Å². The van der Waals surface area contributed by atoms with Crippen LogP contribution in [0.3, 0.4) is 0 Å². The number of aliphatic imine (C=N–C) groups is 1. The van der Waals surface area contributed by atoms with E-state index in [2.05, 4.69) is 41.6 Å². The van der Waals surface area contributed by atoms with Gasteiger partial charge in [-0.3, -0.25) is 10.7 Å². The highest BCUT2D eigenvalue weighted by molar-refractivity contribution is 9.10. The number of ether oxygens (including phenoxy) is 1. The molecule has 1 heterocycles. The van der Waals surface area contributed by atoms with E-state index in [1.807, 2.05) is 7.05 Å². The maximum atomic E-state index is 12.7. The molecule has 1 unspecified atom stereocenters. The Morgan fingerprint density at radius 2 is 1.91 bits per heavy atom. The number of hydrogen-bond acceptors (Lipinski definition) is 5. The van der Waals surface area contributed by atoms with Gasteiger partial charge in [-0.05, 0) is 82.0 Å². The van der Waals surface area contributed by atoms with Crippen molar-refractivity contribution < 1.29 is 17.9 Å². The molecular formula is C24H33BrF3N5O. The first-order valence-electron chi connectivity index (χ1n) is 12.0. The van der Waals surface area contributed by atoms with E-state index in [1.165, 1.54) is 30.2 Å². The topological polar surface area (TPSA) is 83.7 Å². The maximum absolute atomic E-state index is 12.7. The number of rotatable bonds is 6. The summed E-state index contributed by atoms with van der Waals surface area (Å²) >= 11 is 3.21. The van der Waals surface area contributed by atoms with Crippen molar-refractivity contribution in [1.82, 2.24) is 16.0 Å². The van der Waals surface area contributed by atoms with Crippen LogP contribution in [0.15, 0.2) is 38.9 Å². The van der Waals surface area contributed by atoms with E-state index in [-0.39, 0.29) is 11.7 Å². The van der Waals surface area contributed by atoms with E-state index in [0.717, 1.165) is 44.4 Å². The minimum Gasteiger partial charge on any atom is -0.405 e. The fraction of sp³-hybridized carbons (Fsp3) is 0.625. The molecule has 1 fully saturated rings. The number of nitrogens with zero attached hydrogens (tertiary/aromatic N) is 1. The van der Waals surface area contributed by atoms with Gasteiger partial charge in [-0.2, -0.15) is 0 Å². The molecule has 0 spiro atoms. The van der Waals surface area contributed by atoms with Crippen molar-refractivity contribution in [2.45, 2.75) is 76.0 Å². The van der Waals surface area contributed by atoms with Crippen LogP contribution in [-0.4, -0.2) is 37.6 Å². The predicted molar refractivity (Wildman–Crippen MR) is 130 cm³/mol. The average Bonchev–Trinajstić information content (AvgIpc) is 2.79. The standard InChI is InChI=1S/C24H33BrF3N5O/c1-30-22-19-4-2-3-5-20(19)32-23(29,33-22)16-7-10-18(11-8-16)31-13-12-15-6-9-17(25)14-21(15)34-24(26,27)28/h6,9,14,16,18,31-32H,2-5,7-8,10-13,29H2,1H3,(H,30,33). The van der Waals surface area contributed by atoms with Gasteiger partial charge in [-0.25, -0.2) is 0 Å². The van der Waals surface area contributed by atoms with Gasteiger partial charge in [0.05, 0.1) is 0 Å². The molecule has 188 valence electrons. The van der Waals surface area contributed by atoms with Crippen LogP contribution in [0.4, 0.5) is 13.2 Å². The summed E-state index contributed by atoms with van der Waals surface area (Å²) in [4.78, 5) is 4.47. The molecule has 0 saturated heterocycles. The summed E-state index contributed by atoms with van der Waals surface area (Å²) < 4.78 is 43.0. The van der Waals surface area contributed by atoms with E-state index in [4.69, 9.17) is 5.73 Å². The molecule has 6 nitrogen and oxygen atoms in total. The number of nitrogens with one attached hydrogen (secondary N) is 3. The molecule has 1 atom stereocenters. The zero-order valence-corrected chi connectivity index (χ0v) is 21.0. The lowest BCUT2D eigenvalue weighted by atomic mass is 9.79. The number of amidine groups is 1. The van der Waals surface area contributed by atoms with Gasteiger partial charge in [0.15, 0.2) is 5.79 Å². The molecule has 0 bridgehead atoms. The van der Waals surface area contributed by atoms with Crippen LogP contribution in [0.1, 0.15) is 56.9 Å². The second-order valence-corrected chi connectivity index (χ2v) is 10.3. The number of alkyl halides is 3. The van der Waals surface area contributed by atoms with Crippen molar-refractivity contribution >= 4 is 21.8 Å². The number of nitrogens with two attached hydrogens (primary N) is 1. The molecular weight excluding hydrogens is 511 g/mol. The van der Waals surface area contributed by atoms with Gasteiger partial charge in [-0.15, -0.1) is 13.2 Å². The zero-order chi connectivity index (χ0) is 24.3. The fourth-order valence-corrected chi connectivity index (χ4v) is 5.71. The van der Waals surface area contributed by atoms with Crippen molar-refractivity contribution in [1.29, 1.82) is 0 Å². The average molecular weight is 544 g/mol. The summed E-state index contributed by atoms with van der Waals surface area (Å²) in [6, 6.07) is 5.08. The third kappa shape index (κ3) is 6.07. The molecule has 5 N–H and O–H groups in total. The lowest BCUT2D eigenvalue weighted by Crippen LogP contribution is -2.72. The second-order valence-electron chi connectivity index (χ2n) is 9.41. The first-order chi connectivity index (χ1) is 16.2. The van der Waals surface area contributed by atoms with E-state index in [1.54, 1.807) is 12.1 Å². The number of hydrogen-bond donors (Lipinski definition) is 4. The minimum absolute atomic E-state index is 0.156. The van der Waals surface area contributed by atoms with Crippen molar-refractivity contribution in [2.24, 2.45) is 16.6 Å². The highest BCUT2D eigenvalue weighted by Gasteiger charge is 2.42. The molecule has 1 aromatic rings. The molecule has 1 aromatic carbocycles. The van der Waals surface area contributed by atoms with Crippen LogP contribution in [0.2, 0.25) is 0 Å². The number of allylic oxidation sites excluding steroid dienone is 1. The van der Waals surface area contributed by atoms with Gasteiger partial charge in [0, 0.05) is 34.8 Å². The number of benzene rings is 1. The van der Waals surface area contributed by atoms with E-state index in [0.29, 0.717) is 29.0 Å². The Bertz CT molecular complexity index is 943. The lowest BCUT2D eigenvalue weighted by Gasteiger charge is -2.48. The summed E-state index contributed by atoms with van der Waals surface area (Å²) in [6.07, 6.45) is 3.97. The van der Waals surface area contributed by atoms with Crippen molar-refractivity contribution in [2.75, 3.05) is 13.6 Å². The predicted octanol–water partition coefficient (Wildman–Crippen LogP) is 4.70. The molecule has 10 heteroatoms. The smallest absolute Gasteiger partial charge is 0.405 e. The molecule has 0 amide bonds. The van der Waals surface area contributed by atoms with E-state index >= 15 is 0 Å². The molecule has 1 aliphatic heterocycles. The van der Waals surface area contributed by atoms with Crippen LogP contribution < -0.4 is 26.4 Å². The molecule has 3 aliphatic rings. The lowest BCUT2D eigenvalue weighted by molar-refractivity contribution is -0.274. The Labute approximate surface area is 207 Å². The molecule has 1 saturated carbocycles. The van der Waals surface area contributed by atoms with Gasteiger partial charge < -0.3 is 20.7 Å². The minimum atomic E-state index is -4.71. The van der Waals surface area contributed by atoms with Gasteiger partial charge >= 0.3 is 6.36 Å². The number of halogens is 4. The van der Waals surface area contributed by atoms with Gasteiger partial charge in [0.2, 0.25) is 0 Å². The maximum Gasteiger partial charge on any atom is 0.573 e. The normalized spacial score (nSPS) is 28.8. The van der Waals surface area contributed by atoms with Crippen LogP contribution in [0.5, 0.6) is 5.75 Å². The zero-order valence-electron chi connectivity index (χ0n) is 19.4. The third-order valence-corrected chi connectivity index (χ3v) is 7.61. The fourth-order valence-electron chi connectivity index (χ4n) is 5.37. The monoisotopic (exact) mass is 543 g/mol. The van der Waals surface area contributed by atoms with Gasteiger partial charge in [0.1, 0.15) is 11.6 Å². The van der Waals surface area contributed by atoms with Gasteiger partial charge in [0.25, 0.3) is 0 Å². The van der Waals surface area contributed by atoms with Gasteiger partial charge in [-0.1, -0.05) is 22.0 Å². The SMILES string of the molecule is CN=C1NC(N)(C2CCC(NCCc3ccc(Br)cc3OC(F)(F)F)CC2)NC2=C1CCCC2. The Morgan fingerprint density at radius 3 is 2.62 bits per heavy atom. The van der Waals surface area contributed by atoms with E-state index in [9.17, 15) is 13.2 Å².